The molecule has 0 aliphatic carbocycles. The van der Waals surface area contributed by atoms with Crippen LogP contribution in [0.5, 0.6) is 0 Å². The number of benzene rings is 1. The van der Waals surface area contributed by atoms with Gasteiger partial charge < -0.3 is 10.2 Å². The first-order chi connectivity index (χ1) is 14.1. The van der Waals surface area contributed by atoms with Crippen LogP contribution >= 0.6 is 11.3 Å². The van der Waals surface area contributed by atoms with E-state index in [1.165, 1.54) is 16.0 Å². The molecule has 0 bridgehead atoms. The second-order valence-corrected chi connectivity index (χ2v) is 8.23. The van der Waals surface area contributed by atoms with Crippen LogP contribution in [0.2, 0.25) is 0 Å². The van der Waals surface area contributed by atoms with Gasteiger partial charge in [0.1, 0.15) is 0 Å². The lowest BCUT2D eigenvalue weighted by Gasteiger charge is -2.34. The second-order valence-electron chi connectivity index (χ2n) is 7.25. The van der Waals surface area contributed by atoms with Crippen molar-refractivity contribution in [1.82, 2.24) is 20.4 Å². The number of hydrogen-bond acceptors (Lipinski definition) is 5. The molecule has 29 heavy (non-hydrogen) atoms. The zero-order chi connectivity index (χ0) is 20.6. The van der Waals surface area contributed by atoms with E-state index in [2.05, 4.69) is 58.2 Å². The summed E-state index contributed by atoms with van der Waals surface area (Å²) in [5, 5.41) is 8.18. The largest absolute Gasteiger partial charge is 0.358 e. The maximum atomic E-state index is 12.8. The highest BCUT2D eigenvalue weighted by Gasteiger charge is 2.23. The van der Waals surface area contributed by atoms with Crippen LogP contribution in [-0.4, -0.2) is 67.9 Å². The number of amides is 2. The zero-order valence-corrected chi connectivity index (χ0v) is 18.0. The summed E-state index contributed by atoms with van der Waals surface area (Å²) >= 11 is 1.70. The summed E-state index contributed by atoms with van der Waals surface area (Å²) in [5.41, 5.74) is 2.48. The van der Waals surface area contributed by atoms with Crippen LogP contribution in [0.15, 0.2) is 41.8 Å². The number of hydrogen-bond donors (Lipinski definition) is 2. The molecule has 1 fully saturated rings. The smallest absolute Gasteiger partial charge is 0.236 e. The molecule has 7 heteroatoms. The van der Waals surface area contributed by atoms with E-state index in [1.807, 2.05) is 11.0 Å². The SMILES string of the molecule is CCc1ccc([C@@H](NCC(=O)N2CCN(CC(=O)NC)CC2)c2cccs2)cc1. The lowest BCUT2D eigenvalue weighted by molar-refractivity contribution is -0.132. The number of thiophene rings is 1. The Kier molecular flexibility index (Phi) is 7.80. The Morgan fingerprint density at radius 1 is 1.10 bits per heavy atom. The average molecular weight is 415 g/mol. The van der Waals surface area contributed by atoms with Gasteiger partial charge in [0.05, 0.1) is 19.1 Å². The predicted octanol–water partition coefficient (Wildman–Crippen LogP) is 1.88. The van der Waals surface area contributed by atoms with E-state index in [0.717, 1.165) is 19.5 Å². The predicted molar refractivity (Wildman–Crippen MR) is 117 cm³/mol. The Bertz CT molecular complexity index is 784. The molecule has 3 rings (SSSR count). The van der Waals surface area contributed by atoms with Gasteiger partial charge >= 0.3 is 0 Å². The molecular weight excluding hydrogens is 384 g/mol. The maximum Gasteiger partial charge on any atom is 0.236 e. The van der Waals surface area contributed by atoms with Crippen LogP contribution in [-0.2, 0) is 16.0 Å². The Hall–Kier alpha value is -2.22. The van der Waals surface area contributed by atoms with Crippen LogP contribution in [0.25, 0.3) is 0 Å². The Balaban J connectivity index is 1.57. The van der Waals surface area contributed by atoms with Crippen LogP contribution < -0.4 is 10.6 Å². The maximum absolute atomic E-state index is 12.8. The minimum atomic E-state index is 0.0133. The summed E-state index contributed by atoms with van der Waals surface area (Å²) in [4.78, 5) is 29.5. The van der Waals surface area contributed by atoms with Crippen molar-refractivity contribution in [3.63, 3.8) is 0 Å². The molecule has 2 aromatic rings. The number of nitrogens with zero attached hydrogens (tertiary/aromatic N) is 2. The molecule has 1 aromatic heterocycles. The molecular formula is C22H30N4O2S. The van der Waals surface area contributed by atoms with Crippen LogP contribution in [0, 0.1) is 0 Å². The van der Waals surface area contributed by atoms with E-state index in [1.54, 1.807) is 18.4 Å². The second kappa shape index (κ2) is 10.5. The van der Waals surface area contributed by atoms with Crippen LogP contribution in [0.3, 0.4) is 0 Å². The molecule has 0 unspecified atom stereocenters. The van der Waals surface area contributed by atoms with Crippen molar-refractivity contribution >= 4 is 23.2 Å². The fraction of sp³-hybridized carbons (Fsp3) is 0.455. The normalized spacial score (nSPS) is 15.9. The minimum Gasteiger partial charge on any atom is -0.358 e. The van der Waals surface area contributed by atoms with Gasteiger partial charge in [-0.1, -0.05) is 37.3 Å². The standard InChI is InChI=1S/C22H30N4O2S/c1-3-17-6-8-18(9-7-17)22(19-5-4-14-29-19)24-15-21(28)26-12-10-25(11-13-26)16-20(27)23-2/h4-9,14,22,24H,3,10-13,15-16H2,1-2H3,(H,23,27)/t22-/m1/s1. The number of rotatable bonds is 8. The molecule has 1 aromatic carbocycles. The van der Waals surface area contributed by atoms with Crippen molar-refractivity contribution in [1.29, 1.82) is 0 Å². The van der Waals surface area contributed by atoms with E-state index in [9.17, 15) is 9.59 Å². The van der Waals surface area contributed by atoms with Crippen LogP contribution in [0.1, 0.15) is 29.0 Å². The third-order valence-corrected chi connectivity index (χ3v) is 6.31. The van der Waals surface area contributed by atoms with Gasteiger partial charge in [-0.05, 0) is 29.0 Å². The number of piperazine rings is 1. The highest BCUT2D eigenvalue weighted by atomic mass is 32.1. The van der Waals surface area contributed by atoms with Crippen molar-refractivity contribution in [2.45, 2.75) is 19.4 Å². The van der Waals surface area contributed by atoms with Gasteiger partial charge in [0.25, 0.3) is 0 Å². The summed E-state index contributed by atoms with van der Waals surface area (Å²) < 4.78 is 0. The van der Waals surface area contributed by atoms with Gasteiger partial charge in [-0.25, -0.2) is 0 Å². The third kappa shape index (κ3) is 5.88. The molecule has 0 spiro atoms. The highest BCUT2D eigenvalue weighted by molar-refractivity contribution is 7.10. The first kappa shape index (κ1) is 21.5. The van der Waals surface area contributed by atoms with Gasteiger partial charge in [-0.2, -0.15) is 0 Å². The lowest BCUT2D eigenvalue weighted by Crippen LogP contribution is -2.52. The Labute approximate surface area is 176 Å². The molecule has 1 aliphatic heterocycles. The van der Waals surface area contributed by atoms with Gasteiger partial charge in [0, 0.05) is 38.1 Å². The molecule has 2 N–H and O–H groups in total. The molecule has 1 saturated heterocycles. The van der Waals surface area contributed by atoms with Gasteiger partial charge in [-0.15, -0.1) is 11.3 Å². The number of carbonyl (C=O) groups excluding carboxylic acids is 2. The summed E-state index contributed by atoms with van der Waals surface area (Å²) in [6, 6.07) is 12.8. The fourth-order valence-electron chi connectivity index (χ4n) is 3.52. The number of likely N-dealkylation sites (N-methyl/N-ethyl adjacent to an activating group) is 1. The average Bonchev–Trinajstić information content (AvgIpc) is 3.29. The Morgan fingerprint density at radius 2 is 1.83 bits per heavy atom. The van der Waals surface area contributed by atoms with E-state index in [-0.39, 0.29) is 17.9 Å². The summed E-state index contributed by atoms with van der Waals surface area (Å²) in [6.45, 7) is 5.62. The molecule has 6 nitrogen and oxygen atoms in total. The van der Waals surface area contributed by atoms with E-state index < -0.39 is 0 Å². The molecule has 2 heterocycles. The monoisotopic (exact) mass is 414 g/mol. The number of aryl methyl sites for hydroxylation is 1. The van der Waals surface area contributed by atoms with Crippen molar-refractivity contribution in [2.24, 2.45) is 0 Å². The third-order valence-electron chi connectivity index (χ3n) is 5.38. The molecule has 2 amide bonds. The Morgan fingerprint density at radius 3 is 2.41 bits per heavy atom. The summed E-state index contributed by atoms with van der Waals surface area (Å²) in [5.74, 6) is 0.121. The van der Waals surface area contributed by atoms with E-state index in [4.69, 9.17) is 0 Å². The highest BCUT2D eigenvalue weighted by Crippen LogP contribution is 2.26. The zero-order valence-electron chi connectivity index (χ0n) is 17.2. The van der Waals surface area contributed by atoms with E-state index in [0.29, 0.717) is 26.2 Å². The van der Waals surface area contributed by atoms with E-state index >= 15 is 0 Å². The van der Waals surface area contributed by atoms with Crippen molar-refractivity contribution in [2.75, 3.05) is 46.3 Å². The van der Waals surface area contributed by atoms with Crippen molar-refractivity contribution in [3.05, 3.63) is 57.8 Å². The quantitative estimate of drug-likeness (QED) is 0.692. The summed E-state index contributed by atoms with van der Waals surface area (Å²) in [7, 11) is 1.65. The van der Waals surface area contributed by atoms with Crippen molar-refractivity contribution in [3.8, 4) is 0 Å². The minimum absolute atomic E-state index is 0.0133. The van der Waals surface area contributed by atoms with Gasteiger partial charge in [0.2, 0.25) is 11.8 Å². The molecule has 156 valence electrons. The topological polar surface area (TPSA) is 64.7 Å². The van der Waals surface area contributed by atoms with Gasteiger partial charge in [0.15, 0.2) is 0 Å². The lowest BCUT2D eigenvalue weighted by atomic mass is 10.0. The number of nitrogens with one attached hydrogen (secondary N) is 2. The molecule has 0 saturated carbocycles. The van der Waals surface area contributed by atoms with Gasteiger partial charge in [-0.3, -0.25) is 19.8 Å². The molecule has 1 aliphatic rings. The molecule has 1 atom stereocenters. The fourth-order valence-corrected chi connectivity index (χ4v) is 4.35. The first-order valence-corrected chi connectivity index (χ1v) is 11.0. The first-order valence-electron chi connectivity index (χ1n) is 10.2. The van der Waals surface area contributed by atoms with Crippen molar-refractivity contribution < 1.29 is 9.59 Å². The van der Waals surface area contributed by atoms with Crippen LogP contribution in [0.4, 0.5) is 0 Å². The summed E-state index contributed by atoms with van der Waals surface area (Å²) in [6.07, 6.45) is 1.02. The number of carbonyl (C=O) groups is 2. The molecule has 0 radical (unpaired) electrons.